The van der Waals surface area contributed by atoms with Crippen molar-refractivity contribution in [3.05, 3.63) is 47.0 Å². The van der Waals surface area contributed by atoms with E-state index in [0.717, 1.165) is 0 Å². The summed E-state index contributed by atoms with van der Waals surface area (Å²) >= 11 is 5.75. The van der Waals surface area contributed by atoms with Crippen molar-refractivity contribution in [2.75, 3.05) is 0 Å². The highest BCUT2D eigenvalue weighted by Gasteiger charge is 2.16. The predicted octanol–water partition coefficient (Wildman–Crippen LogP) is 2.22. The molecule has 0 aliphatic heterocycles. The molecule has 0 bridgehead atoms. The molecule has 1 aromatic rings. The fourth-order valence-electron chi connectivity index (χ4n) is 1.17. The van der Waals surface area contributed by atoms with Crippen LogP contribution in [-0.2, 0) is 0 Å². The first kappa shape index (κ1) is 10.8. The van der Waals surface area contributed by atoms with Gasteiger partial charge in [0.1, 0.15) is 0 Å². The fraction of sp³-hybridized carbons (Fsp3) is 0.100. The van der Waals surface area contributed by atoms with Crippen molar-refractivity contribution >= 4 is 17.6 Å². The fourth-order valence-corrected chi connectivity index (χ4v) is 1.43. The maximum atomic E-state index is 10.9. The zero-order valence-electron chi connectivity index (χ0n) is 7.40. The summed E-state index contributed by atoms with van der Waals surface area (Å²) in [6.45, 7) is 3.51. The first-order chi connectivity index (χ1) is 6.57. The lowest BCUT2D eigenvalue weighted by atomic mass is 10.0. The van der Waals surface area contributed by atoms with Gasteiger partial charge >= 0.3 is 5.97 Å². The van der Waals surface area contributed by atoms with E-state index in [-0.39, 0.29) is 10.6 Å². The highest BCUT2D eigenvalue weighted by molar-refractivity contribution is 6.33. The smallest absolute Gasteiger partial charge is 0.337 e. The van der Waals surface area contributed by atoms with E-state index >= 15 is 0 Å². The number of nitrogens with two attached hydrogens (primary N) is 1. The molecule has 3 N–H and O–H groups in total. The Bertz CT molecular complexity index is 376. The van der Waals surface area contributed by atoms with Crippen molar-refractivity contribution in [3.8, 4) is 0 Å². The van der Waals surface area contributed by atoms with Crippen LogP contribution >= 0.6 is 11.6 Å². The Morgan fingerprint density at radius 2 is 2.29 bits per heavy atom. The first-order valence-electron chi connectivity index (χ1n) is 3.97. The molecule has 0 saturated carbocycles. The molecule has 4 heteroatoms. The Labute approximate surface area is 86.8 Å². The Hall–Kier alpha value is -1.32. The van der Waals surface area contributed by atoms with Gasteiger partial charge in [-0.2, -0.15) is 0 Å². The summed E-state index contributed by atoms with van der Waals surface area (Å²) in [5, 5.41) is 9.10. The van der Waals surface area contributed by atoms with E-state index in [2.05, 4.69) is 6.58 Å². The lowest BCUT2D eigenvalue weighted by molar-refractivity contribution is 0.0695. The van der Waals surface area contributed by atoms with Gasteiger partial charge in [-0.3, -0.25) is 0 Å². The SMILES string of the molecule is C=C[C@@H](N)c1cccc(Cl)c1C(=O)O. The van der Waals surface area contributed by atoms with Gasteiger partial charge in [0.05, 0.1) is 10.6 Å². The second kappa shape index (κ2) is 4.26. The number of carboxylic acid groups (broad SMARTS) is 1. The van der Waals surface area contributed by atoms with Gasteiger partial charge < -0.3 is 10.8 Å². The van der Waals surface area contributed by atoms with E-state index in [1.54, 1.807) is 12.1 Å². The van der Waals surface area contributed by atoms with Crippen molar-refractivity contribution in [2.24, 2.45) is 5.73 Å². The maximum absolute atomic E-state index is 10.9. The van der Waals surface area contributed by atoms with Crippen LogP contribution in [0.25, 0.3) is 0 Å². The van der Waals surface area contributed by atoms with Crippen LogP contribution in [0.2, 0.25) is 5.02 Å². The minimum absolute atomic E-state index is 0.0431. The van der Waals surface area contributed by atoms with Crippen molar-refractivity contribution in [2.45, 2.75) is 6.04 Å². The minimum Gasteiger partial charge on any atom is -0.478 e. The molecule has 0 amide bonds. The largest absolute Gasteiger partial charge is 0.478 e. The van der Waals surface area contributed by atoms with Crippen molar-refractivity contribution in [1.29, 1.82) is 0 Å². The lowest BCUT2D eigenvalue weighted by Gasteiger charge is -2.11. The molecule has 0 aliphatic rings. The summed E-state index contributed by atoms with van der Waals surface area (Å²) in [6.07, 6.45) is 1.47. The van der Waals surface area contributed by atoms with Gasteiger partial charge in [0.25, 0.3) is 0 Å². The number of hydrogen-bond acceptors (Lipinski definition) is 2. The van der Waals surface area contributed by atoms with Gasteiger partial charge in [-0.15, -0.1) is 6.58 Å². The number of carbonyl (C=O) groups is 1. The highest BCUT2D eigenvalue weighted by atomic mass is 35.5. The molecule has 74 valence electrons. The normalized spacial score (nSPS) is 12.1. The summed E-state index contributed by atoms with van der Waals surface area (Å²) in [5.41, 5.74) is 6.18. The number of benzene rings is 1. The number of hydrogen-bond donors (Lipinski definition) is 2. The van der Waals surface area contributed by atoms with Crippen LogP contribution in [0.3, 0.4) is 0 Å². The molecule has 0 unspecified atom stereocenters. The molecule has 0 aliphatic carbocycles. The standard InChI is InChI=1S/C10H10ClNO2/c1-2-8(12)6-4-3-5-7(11)9(6)10(13)14/h2-5,8H,1,12H2,(H,13,14)/t8-/m1/s1. The molecule has 0 heterocycles. The summed E-state index contributed by atoms with van der Waals surface area (Å²) in [7, 11) is 0. The third kappa shape index (κ3) is 1.95. The molecule has 1 aromatic carbocycles. The average Bonchev–Trinajstić information content (AvgIpc) is 2.15. The van der Waals surface area contributed by atoms with Crippen LogP contribution in [0.5, 0.6) is 0 Å². The second-order valence-electron chi connectivity index (χ2n) is 2.77. The van der Waals surface area contributed by atoms with Crippen molar-refractivity contribution in [1.82, 2.24) is 0 Å². The van der Waals surface area contributed by atoms with E-state index in [0.29, 0.717) is 5.56 Å². The average molecular weight is 212 g/mol. The number of aromatic carboxylic acids is 1. The van der Waals surface area contributed by atoms with Gasteiger partial charge in [-0.1, -0.05) is 29.8 Å². The van der Waals surface area contributed by atoms with E-state index in [1.165, 1.54) is 12.1 Å². The Morgan fingerprint density at radius 1 is 1.64 bits per heavy atom. The van der Waals surface area contributed by atoms with Crippen LogP contribution in [-0.4, -0.2) is 11.1 Å². The molecule has 14 heavy (non-hydrogen) atoms. The van der Waals surface area contributed by atoms with Gasteiger partial charge in [-0.25, -0.2) is 4.79 Å². The number of carboxylic acids is 1. The third-order valence-corrected chi connectivity index (χ3v) is 2.19. The molecule has 3 nitrogen and oxygen atoms in total. The molecule has 0 radical (unpaired) electrons. The van der Waals surface area contributed by atoms with E-state index in [9.17, 15) is 4.79 Å². The molecule has 1 rings (SSSR count). The molecule has 1 atom stereocenters. The quantitative estimate of drug-likeness (QED) is 0.754. The van der Waals surface area contributed by atoms with E-state index in [4.69, 9.17) is 22.4 Å². The Balaban J connectivity index is 3.35. The van der Waals surface area contributed by atoms with Crippen LogP contribution in [0.15, 0.2) is 30.9 Å². The van der Waals surface area contributed by atoms with Crippen LogP contribution in [0, 0.1) is 0 Å². The highest BCUT2D eigenvalue weighted by Crippen LogP contribution is 2.24. The predicted molar refractivity (Wildman–Crippen MR) is 55.5 cm³/mol. The third-order valence-electron chi connectivity index (χ3n) is 1.87. The molecule has 0 saturated heterocycles. The van der Waals surface area contributed by atoms with Gasteiger partial charge in [-0.05, 0) is 11.6 Å². The first-order valence-corrected chi connectivity index (χ1v) is 4.35. The van der Waals surface area contributed by atoms with Gasteiger partial charge in [0.15, 0.2) is 0 Å². The zero-order valence-corrected chi connectivity index (χ0v) is 8.16. The monoisotopic (exact) mass is 211 g/mol. The van der Waals surface area contributed by atoms with Gasteiger partial charge in [0.2, 0.25) is 0 Å². The minimum atomic E-state index is -1.08. The van der Waals surface area contributed by atoms with Crippen LogP contribution in [0.4, 0.5) is 0 Å². The summed E-state index contributed by atoms with van der Waals surface area (Å²) in [5.74, 6) is -1.08. The Kier molecular flexibility index (Phi) is 3.28. The topological polar surface area (TPSA) is 63.3 Å². The summed E-state index contributed by atoms with van der Waals surface area (Å²) in [4.78, 5) is 10.9. The molecular formula is C10H10ClNO2. The lowest BCUT2D eigenvalue weighted by Crippen LogP contribution is -2.13. The van der Waals surface area contributed by atoms with Crippen LogP contribution < -0.4 is 5.73 Å². The number of rotatable bonds is 3. The van der Waals surface area contributed by atoms with Crippen LogP contribution in [0.1, 0.15) is 22.0 Å². The Morgan fingerprint density at radius 3 is 2.79 bits per heavy atom. The van der Waals surface area contributed by atoms with Crippen molar-refractivity contribution in [3.63, 3.8) is 0 Å². The maximum Gasteiger partial charge on any atom is 0.337 e. The van der Waals surface area contributed by atoms with E-state index < -0.39 is 12.0 Å². The molecular weight excluding hydrogens is 202 g/mol. The number of halogens is 1. The summed E-state index contributed by atoms with van der Waals surface area (Å²) < 4.78 is 0. The van der Waals surface area contributed by atoms with Crippen molar-refractivity contribution < 1.29 is 9.90 Å². The zero-order chi connectivity index (χ0) is 10.7. The second-order valence-corrected chi connectivity index (χ2v) is 3.18. The molecule has 0 spiro atoms. The molecule has 0 fully saturated rings. The molecule has 0 aromatic heterocycles. The van der Waals surface area contributed by atoms with Gasteiger partial charge in [0, 0.05) is 6.04 Å². The summed E-state index contributed by atoms with van der Waals surface area (Å²) in [6, 6.07) is 4.29. The van der Waals surface area contributed by atoms with E-state index in [1.807, 2.05) is 0 Å².